The highest BCUT2D eigenvalue weighted by Crippen LogP contribution is 2.29. The zero-order chi connectivity index (χ0) is 13.2. The van der Waals surface area contributed by atoms with Crippen LogP contribution in [0.25, 0.3) is 0 Å². The van der Waals surface area contributed by atoms with E-state index in [-0.39, 0.29) is 0 Å². The number of benzene rings is 1. The average molecular weight is 255 g/mol. The molecule has 1 atom stereocenters. The Bertz CT molecular complexity index is 559. The van der Waals surface area contributed by atoms with Crippen molar-refractivity contribution in [1.82, 2.24) is 14.5 Å². The minimum absolute atomic E-state index is 0.682. The summed E-state index contributed by atoms with van der Waals surface area (Å²) in [5.74, 6) is 1.84. The molecule has 0 aliphatic carbocycles. The van der Waals surface area contributed by atoms with Crippen molar-refractivity contribution in [2.75, 3.05) is 13.1 Å². The molecule has 0 N–H and O–H groups in total. The van der Waals surface area contributed by atoms with Gasteiger partial charge in [-0.05, 0) is 36.9 Å². The highest BCUT2D eigenvalue weighted by Gasteiger charge is 2.25. The summed E-state index contributed by atoms with van der Waals surface area (Å²) in [6.07, 6.45) is 5.16. The number of aryl methyl sites for hydroxylation is 2. The largest absolute Gasteiger partial charge is 0.337 e. The lowest BCUT2D eigenvalue weighted by Gasteiger charge is -2.17. The van der Waals surface area contributed by atoms with Gasteiger partial charge >= 0.3 is 0 Å². The van der Waals surface area contributed by atoms with Crippen molar-refractivity contribution < 1.29 is 0 Å². The van der Waals surface area contributed by atoms with E-state index in [0.29, 0.717) is 5.92 Å². The molecule has 1 aromatic carbocycles. The third-order valence-electron chi connectivity index (χ3n) is 4.19. The van der Waals surface area contributed by atoms with E-state index in [1.54, 1.807) is 0 Å². The zero-order valence-corrected chi connectivity index (χ0v) is 11.7. The Morgan fingerprint density at radius 3 is 2.89 bits per heavy atom. The van der Waals surface area contributed by atoms with Gasteiger partial charge in [-0.15, -0.1) is 0 Å². The van der Waals surface area contributed by atoms with Crippen molar-refractivity contribution in [2.24, 2.45) is 7.05 Å². The fourth-order valence-corrected chi connectivity index (χ4v) is 3.02. The Morgan fingerprint density at radius 2 is 2.16 bits per heavy atom. The van der Waals surface area contributed by atoms with Crippen LogP contribution in [0.5, 0.6) is 0 Å². The summed E-state index contributed by atoms with van der Waals surface area (Å²) >= 11 is 0. The molecule has 100 valence electrons. The second-order valence-corrected chi connectivity index (χ2v) is 5.53. The molecule has 1 aliphatic heterocycles. The molecule has 1 unspecified atom stereocenters. The molecule has 2 aromatic rings. The van der Waals surface area contributed by atoms with Gasteiger partial charge in [0.05, 0.1) is 6.54 Å². The summed E-state index contributed by atoms with van der Waals surface area (Å²) in [6.45, 7) is 5.51. The quantitative estimate of drug-likeness (QED) is 0.841. The van der Waals surface area contributed by atoms with E-state index in [2.05, 4.69) is 52.7 Å². The SMILES string of the molecule is Cc1ccccc1C1CCN(Cc2nccn2C)C1. The number of rotatable bonds is 3. The Kier molecular flexibility index (Phi) is 3.38. The minimum Gasteiger partial charge on any atom is -0.337 e. The summed E-state index contributed by atoms with van der Waals surface area (Å²) in [4.78, 5) is 6.93. The van der Waals surface area contributed by atoms with Crippen LogP contribution in [0.3, 0.4) is 0 Å². The van der Waals surface area contributed by atoms with Crippen LogP contribution in [-0.2, 0) is 13.6 Å². The van der Waals surface area contributed by atoms with Crippen LogP contribution in [-0.4, -0.2) is 27.5 Å². The number of likely N-dealkylation sites (tertiary alicyclic amines) is 1. The van der Waals surface area contributed by atoms with Crippen molar-refractivity contribution >= 4 is 0 Å². The van der Waals surface area contributed by atoms with Crippen LogP contribution in [0, 0.1) is 6.92 Å². The third-order valence-corrected chi connectivity index (χ3v) is 4.19. The van der Waals surface area contributed by atoms with E-state index in [1.807, 2.05) is 12.4 Å². The molecule has 3 heteroatoms. The van der Waals surface area contributed by atoms with Crippen LogP contribution >= 0.6 is 0 Å². The van der Waals surface area contributed by atoms with Gasteiger partial charge in [-0.2, -0.15) is 0 Å². The smallest absolute Gasteiger partial charge is 0.122 e. The standard InChI is InChI=1S/C16H21N3/c1-13-5-3-4-6-15(13)14-7-9-19(11-14)12-16-17-8-10-18(16)2/h3-6,8,10,14H,7,9,11-12H2,1-2H3. The normalized spacial score (nSPS) is 20.0. The lowest BCUT2D eigenvalue weighted by Crippen LogP contribution is -2.21. The summed E-state index contributed by atoms with van der Waals surface area (Å²) in [6, 6.07) is 8.78. The van der Waals surface area contributed by atoms with Crippen LogP contribution in [0.1, 0.15) is 29.3 Å². The van der Waals surface area contributed by atoms with Gasteiger partial charge in [0, 0.05) is 26.0 Å². The van der Waals surface area contributed by atoms with Gasteiger partial charge in [-0.3, -0.25) is 4.90 Å². The maximum atomic E-state index is 4.42. The van der Waals surface area contributed by atoms with Crippen LogP contribution in [0.2, 0.25) is 0 Å². The molecular formula is C16H21N3. The second kappa shape index (κ2) is 5.17. The molecule has 0 amide bonds. The second-order valence-electron chi connectivity index (χ2n) is 5.53. The van der Waals surface area contributed by atoms with Crippen molar-refractivity contribution in [1.29, 1.82) is 0 Å². The number of nitrogens with zero attached hydrogens (tertiary/aromatic N) is 3. The van der Waals surface area contributed by atoms with E-state index in [4.69, 9.17) is 0 Å². The fourth-order valence-electron chi connectivity index (χ4n) is 3.02. The maximum Gasteiger partial charge on any atom is 0.122 e. The van der Waals surface area contributed by atoms with Gasteiger partial charge in [0.15, 0.2) is 0 Å². The Hall–Kier alpha value is -1.61. The van der Waals surface area contributed by atoms with Crippen LogP contribution in [0.15, 0.2) is 36.7 Å². The Labute approximate surface area is 114 Å². The first-order chi connectivity index (χ1) is 9.24. The molecule has 19 heavy (non-hydrogen) atoms. The van der Waals surface area contributed by atoms with E-state index >= 15 is 0 Å². The van der Waals surface area contributed by atoms with E-state index in [0.717, 1.165) is 18.9 Å². The molecular weight excluding hydrogens is 234 g/mol. The topological polar surface area (TPSA) is 21.1 Å². The van der Waals surface area contributed by atoms with Gasteiger partial charge in [-0.1, -0.05) is 24.3 Å². The molecule has 1 fully saturated rings. The van der Waals surface area contributed by atoms with Crippen molar-refractivity contribution in [2.45, 2.75) is 25.8 Å². The first-order valence-corrected chi connectivity index (χ1v) is 6.98. The van der Waals surface area contributed by atoms with Gasteiger partial charge in [-0.25, -0.2) is 4.98 Å². The molecule has 0 saturated carbocycles. The molecule has 0 radical (unpaired) electrons. The lowest BCUT2D eigenvalue weighted by atomic mass is 9.94. The van der Waals surface area contributed by atoms with Crippen LogP contribution < -0.4 is 0 Å². The van der Waals surface area contributed by atoms with Gasteiger partial charge < -0.3 is 4.57 Å². The van der Waals surface area contributed by atoms with Gasteiger partial charge in [0.1, 0.15) is 5.82 Å². The zero-order valence-electron chi connectivity index (χ0n) is 11.7. The summed E-state index contributed by atoms with van der Waals surface area (Å²) in [5, 5.41) is 0. The number of hydrogen-bond acceptors (Lipinski definition) is 2. The van der Waals surface area contributed by atoms with Crippen molar-refractivity contribution in [3.8, 4) is 0 Å². The van der Waals surface area contributed by atoms with Crippen molar-refractivity contribution in [3.63, 3.8) is 0 Å². The summed E-state index contributed by atoms with van der Waals surface area (Å²) < 4.78 is 2.11. The average Bonchev–Trinajstić information content (AvgIpc) is 3.01. The predicted molar refractivity (Wildman–Crippen MR) is 77.0 cm³/mol. The minimum atomic E-state index is 0.682. The summed E-state index contributed by atoms with van der Waals surface area (Å²) in [5.41, 5.74) is 2.94. The molecule has 1 saturated heterocycles. The first-order valence-electron chi connectivity index (χ1n) is 6.98. The number of aromatic nitrogens is 2. The third kappa shape index (κ3) is 2.56. The van der Waals surface area contributed by atoms with E-state index in [1.165, 1.54) is 24.1 Å². The molecule has 3 rings (SSSR count). The molecule has 3 nitrogen and oxygen atoms in total. The highest BCUT2D eigenvalue weighted by molar-refractivity contribution is 5.30. The predicted octanol–water partition coefficient (Wildman–Crippen LogP) is 2.72. The molecule has 2 heterocycles. The molecule has 1 aromatic heterocycles. The summed E-state index contributed by atoms with van der Waals surface area (Å²) in [7, 11) is 2.07. The van der Waals surface area contributed by atoms with E-state index in [9.17, 15) is 0 Å². The number of imidazole rings is 1. The molecule has 0 bridgehead atoms. The highest BCUT2D eigenvalue weighted by atomic mass is 15.2. The Morgan fingerprint density at radius 1 is 1.32 bits per heavy atom. The van der Waals surface area contributed by atoms with Gasteiger partial charge in [0.2, 0.25) is 0 Å². The lowest BCUT2D eigenvalue weighted by molar-refractivity contribution is 0.314. The maximum absolute atomic E-state index is 4.42. The van der Waals surface area contributed by atoms with Crippen LogP contribution in [0.4, 0.5) is 0 Å². The monoisotopic (exact) mass is 255 g/mol. The van der Waals surface area contributed by atoms with E-state index < -0.39 is 0 Å². The van der Waals surface area contributed by atoms with Crippen molar-refractivity contribution in [3.05, 3.63) is 53.6 Å². The Balaban J connectivity index is 1.68. The first kappa shape index (κ1) is 12.4. The molecule has 0 spiro atoms. The fraction of sp³-hybridized carbons (Fsp3) is 0.438. The van der Waals surface area contributed by atoms with Gasteiger partial charge in [0.25, 0.3) is 0 Å². The number of hydrogen-bond donors (Lipinski definition) is 0. The molecule has 1 aliphatic rings.